The van der Waals surface area contributed by atoms with Crippen LogP contribution in [0.2, 0.25) is 0 Å². The number of nitrogens with one attached hydrogen (secondary N) is 1. The lowest BCUT2D eigenvalue weighted by atomic mass is 9.81. The summed E-state index contributed by atoms with van der Waals surface area (Å²) in [6.45, 7) is 2.74. The van der Waals surface area contributed by atoms with E-state index in [1.165, 1.54) is 44.5 Å². The average Bonchev–Trinajstić information content (AvgIpc) is 3.74. The Morgan fingerprint density at radius 3 is 2.66 bits per heavy atom. The standard InChI is InChI=1S/C35H46N4O7S/c1-37(2)47(42,43)36-33(40)23-10-12-27-30(16-23)39-21-35(34(41)38-14-15-46-25(19-38)20-44-3)18-29(35)28-17-24(45-4)11-13-26(28)32(39)31(27)22-8-6-5-7-9-22/h10-13,16-17,22,25,29,34,41H,5-9,14-15,18-21H2,1-4H3,(H,36,40)/t25-,29?,34?,35?/m0/s1. The highest BCUT2D eigenvalue weighted by molar-refractivity contribution is 7.87. The van der Waals surface area contributed by atoms with Crippen LogP contribution in [-0.4, -0.2) is 100 Å². The predicted molar refractivity (Wildman–Crippen MR) is 179 cm³/mol. The fourth-order valence-corrected chi connectivity index (χ4v) is 8.94. The number of carbonyl (C=O) groups excluding carboxylic acids is 1. The Kier molecular flexibility index (Phi) is 8.63. The molecular formula is C35H46N4O7S. The highest BCUT2D eigenvalue weighted by Gasteiger charge is 2.63. The van der Waals surface area contributed by atoms with Gasteiger partial charge in [-0.3, -0.25) is 9.69 Å². The van der Waals surface area contributed by atoms with Gasteiger partial charge in [-0.1, -0.05) is 25.3 Å². The minimum absolute atomic E-state index is 0.109. The molecule has 0 radical (unpaired) electrons. The van der Waals surface area contributed by atoms with E-state index in [1.807, 2.05) is 18.2 Å². The fourth-order valence-electron chi connectivity index (χ4n) is 8.41. The first kappa shape index (κ1) is 32.5. The number of hydrogen-bond acceptors (Lipinski definition) is 8. The maximum Gasteiger partial charge on any atom is 0.303 e. The Balaban J connectivity index is 1.40. The molecule has 3 heterocycles. The number of morpholine rings is 1. The van der Waals surface area contributed by atoms with Gasteiger partial charge in [-0.2, -0.15) is 12.7 Å². The molecule has 2 aliphatic heterocycles. The molecule has 2 aromatic carbocycles. The van der Waals surface area contributed by atoms with Crippen LogP contribution in [0, 0.1) is 5.41 Å². The summed E-state index contributed by atoms with van der Waals surface area (Å²) in [4.78, 5) is 15.5. The van der Waals surface area contributed by atoms with Crippen LogP contribution >= 0.6 is 0 Å². The van der Waals surface area contributed by atoms with Crippen LogP contribution in [0.1, 0.15) is 71.8 Å². The molecule has 4 aliphatic rings. The number of ether oxygens (including phenoxy) is 3. The molecule has 3 fully saturated rings. The normalized spacial score (nSPS) is 25.5. The van der Waals surface area contributed by atoms with Crippen LogP contribution in [0.3, 0.4) is 0 Å². The highest BCUT2D eigenvalue weighted by Crippen LogP contribution is 2.67. The summed E-state index contributed by atoms with van der Waals surface area (Å²) in [6, 6.07) is 11.9. The molecule has 3 unspecified atom stereocenters. The number of amides is 1. The van der Waals surface area contributed by atoms with Crippen molar-refractivity contribution in [1.29, 1.82) is 0 Å². The van der Waals surface area contributed by atoms with Crippen molar-refractivity contribution < 1.29 is 32.5 Å². The molecule has 4 atom stereocenters. The number of aliphatic hydroxyl groups is 1. The smallest absolute Gasteiger partial charge is 0.303 e. The van der Waals surface area contributed by atoms with Gasteiger partial charge in [-0.05, 0) is 72.6 Å². The second-order valence-electron chi connectivity index (χ2n) is 13.9. The van der Waals surface area contributed by atoms with E-state index in [0.29, 0.717) is 38.8 Å². The van der Waals surface area contributed by atoms with Crippen molar-refractivity contribution in [2.45, 2.75) is 69.2 Å². The molecule has 47 heavy (non-hydrogen) atoms. The summed E-state index contributed by atoms with van der Waals surface area (Å²) in [5, 5.41) is 13.4. The Labute approximate surface area is 276 Å². The third-order valence-corrected chi connectivity index (χ3v) is 12.3. The number of hydrogen-bond donors (Lipinski definition) is 2. The monoisotopic (exact) mass is 666 g/mol. The first-order valence-corrected chi connectivity index (χ1v) is 18.1. The van der Waals surface area contributed by atoms with Crippen molar-refractivity contribution in [2.24, 2.45) is 5.41 Å². The van der Waals surface area contributed by atoms with Crippen LogP contribution in [-0.2, 0) is 26.2 Å². The summed E-state index contributed by atoms with van der Waals surface area (Å²) in [6.07, 6.45) is 5.70. The second-order valence-corrected chi connectivity index (χ2v) is 15.8. The molecule has 0 spiro atoms. The number of benzene rings is 2. The van der Waals surface area contributed by atoms with Gasteiger partial charge in [0.05, 0.1) is 32.1 Å². The molecule has 11 nitrogen and oxygen atoms in total. The quantitative estimate of drug-likeness (QED) is 0.351. The molecule has 2 N–H and O–H groups in total. The molecule has 3 aromatic rings. The molecule has 2 saturated carbocycles. The lowest BCUT2D eigenvalue weighted by Crippen LogP contribution is -2.53. The summed E-state index contributed by atoms with van der Waals surface area (Å²) in [7, 11) is 2.15. The number of aromatic nitrogens is 1. The van der Waals surface area contributed by atoms with E-state index >= 15 is 0 Å². The van der Waals surface area contributed by atoms with Gasteiger partial charge in [0.15, 0.2) is 0 Å². The van der Waals surface area contributed by atoms with Gasteiger partial charge in [0.2, 0.25) is 0 Å². The molecule has 1 aromatic heterocycles. The first-order chi connectivity index (χ1) is 22.6. The topological polar surface area (TPSA) is 123 Å². The Morgan fingerprint density at radius 2 is 1.94 bits per heavy atom. The Bertz CT molecular complexity index is 1780. The van der Waals surface area contributed by atoms with Gasteiger partial charge in [-0.15, -0.1) is 0 Å². The van der Waals surface area contributed by atoms with Crippen LogP contribution in [0.5, 0.6) is 5.75 Å². The Morgan fingerprint density at radius 1 is 1.15 bits per heavy atom. The van der Waals surface area contributed by atoms with E-state index in [2.05, 4.69) is 26.3 Å². The summed E-state index contributed by atoms with van der Waals surface area (Å²) in [5.74, 6) is 0.578. The molecule has 1 amide bonds. The zero-order valence-electron chi connectivity index (χ0n) is 27.7. The summed E-state index contributed by atoms with van der Waals surface area (Å²) in [5.41, 5.74) is 5.42. The van der Waals surface area contributed by atoms with E-state index in [4.69, 9.17) is 14.2 Å². The number of aliphatic hydroxyl groups excluding tert-OH is 1. The van der Waals surface area contributed by atoms with Gasteiger partial charge < -0.3 is 23.9 Å². The Hall–Kier alpha value is -3.00. The third kappa shape index (κ3) is 5.66. The third-order valence-electron chi connectivity index (χ3n) is 10.9. The van der Waals surface area contributed by atoms with Crippen LogP contribution in [0.15, 0.2) is 36.4 Å². The van der Waals surface area contributed by atoms with Crippen LogP contribution in [0.4, 0.5) is 0 Å². The van der Waals surface area contributed by atoms with Crippen molar-refractivity contribution >= 4 is 27.0 Å². The van der Waals surface area contributed by atoms with E-state index in [0.717, 1.165) is 51.5 Å². The molecule has 1 saturated heterocycles. The number of rotatable bonds is 9. The van der Waals surface area contributed by atoms with Crippen molar-refractivity contribution in [1.82, 2.24) is 18.5 Å². The van der Waals surface area contributed by atoms with Gasteiger partial charge in [-0.25, -0.2) is 4.72 Å². The summed E-state index contributed by atoms with van der Waals surface area (Å²) < 4.78 is 47.7. The van der Waals surface area contributed by atoms with Gasteiger partial charge in [0.1, 0.15) is 12.0 Å². The minimum Gasteiger partial charge on any atom is -0.497 e. The van der Waals surface area contributed by atoms with E-state index < -0.39 is 27.8 Å². The van der Waals surface area contributed by atoms with Crippen LogP contribution < -0.4 is 9.46 Å². The van der Waals surface area contributed by atoms with E-state index in [-0.39, 0.29) is 17.6 Å². The first-order valence-electron chi connectivity index (χ1n) is 16.7. The molecule has 7 rings (SSSR count). The number of methoxy groups -OCH3 is 2. The largest absolute Gasteiger partial charge is 0.497 e. The lowest BCUT2D eigenvalue weighted by Gasteiger charge is -2.39. The summed E-state index contributed by atoms with van der Waals surface area (Å²) >= 11 is 0. The predicted octanol–water partition coefficient (Wildman–Crippen LogP) is 4.05. The zero-order chi connectivity index (χ0) is 33.1. The molecule has 12 heteroatoms. The van der Waals surface area contributed by atoms with E-state index in [9.17, 15) is 18.3 Å². The molecule has 254 valence electrons. The highest BCUT2D eigenvalue weighted by atomic mass is 32.2. The second kappa shape index (κ2) is 12.5. The maximum atomic E-state index is 13.3. The molecular weight excluding hydrogens is 620 g/mol. The minimum atomic E-state index is -3.97. The van der Waals surface area contributed by atoms with Crippen molar-refractivity contribution in [3.8, 4) is 17.0 Å². The maximum absolute atomic E-state index is 13.3. The number of fused-ring (bicyclic) bond motifs is 7. The fraction of sp³-hybridized carbons (Fsp3) is 0.571. The SMILES string of the molecule is COC[C@@H]1CN(C(O)C23CC2c2cc(OC)ccc2-c2c(C4CCCCC4)c4ccc(C(=O)NS(=O)(=O)N(C)C)cc4n2C3)CCO1. The number of nitrogens with zero attached hydrogens (tertiary/aromatic N) is 3. The molecule has 0 bridgehead atoms. The van der Waals surface area contributed by atoms with Crippen molar-refractivity contribution in [3.63, 3.8) is 0 Å². The zero-order valence-corrected chi connectivity index (χ0v) is 28.5. The van der Waals surface area contributed by atoms with Gasteiger partial charge >= 0.3 is 10.2 Å². The number of carbonyl (C=O) groups is 1. The molecule has 2 aliphatic carbocycles. The van der Waals surface area contributed by atoms with Crippen LogP contribution in [0.25, 0.3) is 22.2 Å². The van der Waals surface area contributed by atoms with E-state index in [1.54, 1.807) is 20.3 Å². The van der Waals surface area contributed by atoms with Gasteiger partial charge in [0.25, 0.3) is 5.91 Å². The van der Waals surface area contributed by atoms with Gasteiger partial charge in [0, 0.05) is 68.3 Å². The van der Waals surface area contributed by atoms with Crippen molar-refractivity contribution in [2.75, 3.05) is 54.6 Å². The van der Waals surface area contributed by atoms with Crippen molar-refractivity contribution in [3.05, 3.63) is 53.1 Å². The average molecular weight is 667 g/mol. The lowest BCUT2D eigenvalue weighted by molar-refractivity contribution is -0.134.